The van der Waals surface area contributed by atoms with E-state index in [0.717, 1.165) is 0 Å². The molecule has 0 aromatic heterocycles. The lowest BCUT2D eigenvalue weighted by molar-refractivity contribution is -0.143. The number of thiol groups is 1. The number of carboxylic acids is 2. The molecular weight excluding hydrogens is 420 g/mol. The normalized spacial score (nSPS) is 14.9. The number of hydrogen-bond donors (Lipinski definition) is 8. The number of nitrogens with one attached hydrogen (secondary N) is 3. The van der Waals surface area contributed by atoms with E-state index < -0.39 is 66.9 Å². The molecular formula is C17H30N4O8S. The number of aliphatic carboxylic acids is 2. The van der Waals surface area contributed by atoms with E-state index in [4.69, 9.17) is 15.9 Å². The van der Waals surface area contributed by atoms with Crippen molar-refractivity contribution < 1.29 is 39.3 Å². The Morgan fingerprint density at radius 3 is 1.83 bits per heavy atom. The lowest BCUT2D eigenvalue weighted by atomic mass is 10.0. The molecule has 0 radical (unpaired) electrons. The highest BCUT2D eigenvalue weighted by Gasteiger charge is 2.29. The Morgan fingerprint density at radius 2 is 1.40 bits per heavy atom. The fraction of sp³-hybridized carbons (Fsp3) is 0.706. The van der Waals surface area contributed by atoms with Crippen LogP contribution in [0.25, 0.3) is 0 Å². The molecule has 172 valence electrons. The summed E-state index contributed by atoms with van der Waals surface area (Å²) < 4.78 is 0. The average molecular weight is 451 g/mol. The first kappa shape index (κ1) is 27.6. The minimum atomic E-state index is -1.52. The van der Waals surface area contributed by atoms with Crippen molar-refractivity contribution in [3.05, 3.63) is 0 Å². The molecule has 0 saturated heterocycles. The van der Waals surface area contributed by atoms with Crippen LogP contribution < -0.4 is 21.7 Å². The first-order chi connectivity index (χ1) is 13.9. The maximum atomic E-state index is 12.4. The summed E-state index contributed by atoms with van der Waals surface area (Å²) in [5, 5.41) is 33.8. The Morgan fingerprint density at radius 1 is 0.900 bits per heavy atom. The summed E-state index contributed by atoms with van der Waals surface area (Å²) in [7, 11) is 0. The van der Waals surface area contributed by atoms with Crippen LogP contribution in [0.5, 0.6) is 0 Å². The number of nitrogens with two attached hydrogens (primary N) is 1. The van der Waals surface area contributed by atoms with Gasteiger partial charge in [0.25, 0.3) is 0 Å². The predicted octanol–water partition coefficient (Wildman–Crippen LogP) is -2.31. The Kier molecular flexibility index (Phi) is 12.7. The summed E-state index contributed by atoms with van der Waals surface area (Å²) in [6, 6.07) is -5.03. The van der Waals surface area contributed by atoms with Crippen LogP contribution in [0.1, 0.15) is 33.1 Å². The van der Waals surface area contributed by atoms with E-state index in [-0.39, 0.29) is 18.1 Å². The monoisotopic (exact) mass is 450 g/mol. The van der Waals surface area contributed by atoms with E-state index in [2.05, 4.69) is 28.6 Å². The topological polar surface area (TPSA) is 208 Å². The van der Waals surface area contributed by atoms with Crippen LogP contribution in [0.2, 0.25) is 0 Å². The van der Waals surface area contributed by atoms with Gasteiger partial charge in [0.15, 0.2) is 0 Å². The van der Waals surface area contributed by atoms with Gasteiger partial charge >= 0.3 is 11.9 Å². The SMILES string of the molecule is CC(C)CC(N)C(=O)NC(CS)C(=O)NC(CO)C(=O)NC(CCC(=O)O)C(=O)O. The van der Waals surface area contributed by atoms with Crippen molar-refractivity contribution >= 4 is 42.3 Å². The summed E-state index contributed by atoms with van der Waals surface area (Å²) in [6.45, 7) is 2.89. The summed E-state index contributed by atoms with van der Waals surface area (Å²) in [4.78, 5) is 58.4. The first-order valence-electron chi connectivity index (χ1n) is 9.25. The summed E-state index contributed by atoms with van der Waals surface area (Å²) in [5.41, 5.74) is 5.76. The van der Waals surface area contributed by atoms with Gasteiger partial charge in [0, 0.05) is 12.2 Å². The van der Waals surface area contributed by atoms with Crippen molar-refractivity contribution in [2.75, 3.05) is 12.4 Å². The molecule has 4 atom stereocenters. The van der Waals surface area contributed by atoms with E-state index in [9.17, 15) is 29.1 Å². The van der Waals surface area contributed by atoms with Crippen LogP contribution in [-0.4, -0.2) is 81.5 Å². The van der Waals surface area contributed by atoms with Crippen LogP contribution in [0.4, 0.5) is 0 Å². The summed E-state index contributed by atoms with van der Waals surface area (Å²) in [5.74, 6) is -5.12. The van der Waals surface area contributed by atoms with E-state index >= 15 is 0 Å². The van der Waals surface area contributed by atoms with Crippen molar-refractivity contribution in [3.8, 4) is 0 Å². The maximum Gasteiger partial charge on any atom is 0.326 e. The van der Waals surface area contributed by atoms with Gasteiger partial charge < -0.3 is 37.0 Å². The van der Waals surface area contributed by atoms with Crippen molar-refractivity contribution in [1.29, 1.82) is 0 Å². The standard InChI is InChI=1S/C17H30N4O8S/c1-8(2)5-9(18)14(25)21-12(7-30)16(27)20-11(6-22)15(26)19-10(17(28)29)3-4-13(23)24/h8-12,22,30H,3-7,18H2,1-2H3,(H,19,26)(H,20,27)(H,21,25)(H,23,24)(H,28,29). The molecule has 0 saturated carbocycles. The third-order valence-electron chi connectivity index (χ3n) is 3.95. The second-order valence-electron chi connectivity index (χ2n) is 7.06. The molecule has 0 heterocycles. The molecule has 0 bridgehead atoms. The molecule has 0 aliphatic heterocycles. The Balaban J connectivity index is 4.98. The molecule has 0 rings (SSSR count). The smallest absolute Gasteiger partial charge is 0.326 e. The van der Waals surface area contributed by atoms with Gasteiger partial charge in [-0.2, -0.15) is 12.6 Å². The number of aliphatic hydroxyl groups is 1. The molecule has 4 unspecified atom stereocenters. The third-order valence-corrected chi connectivity index (χ3v) is 4.32. The molecule has 0 aliphatic rings. The second-order valence-corrected chi connectivity index (χ2v) is 7.42. The van der Waals surface area contributed by atoms with Crippen molar-refractivity contribution in [2.24, 2.45) is 11.7 Å². The highest BCUT2D eigenvalue weighted by Crippen LogP contribution is 2.04. The van der Waals surface area contributed by atoms with Gasteiger partial charge in [0.1, 0.15) is 18.1 Å². The molecule has 3 amide bonds. The summed E-state index contributed by atoms with van der Waals surface area (Å²) in [6.07, 6.45) is -0.495. The van der Waals surface area contributed by atoms with Crippen LogP contribution in [-0.2, 0) is 24.0 Å². The molecule has 0 fully saturated rings. The number of carboxylic acid groups (broad SMARTS) is 2. The van der Waals surface area contributed by atoms with E-state index in [1.165, 1.54) is 0 Å². The van der Waals surface area contributed by atoms with Crippen molar-refractivity contribution in [2.45, 2.75) is 57.3 Å². The second kappa shape index (κ2) is 13.8. The highest BCUT2D eigenvalue weighted by atomic mass is 32.1. The van der Waals surface area contributed by atoms with Gasteiger partial charge in [-0.15, -0.1) is 0 Å². The zero-order valence-electron chi connectivity index (χ0n) is 16.8. The molecule has 8 N–H and O–H groups in total. The number of carbonyl (C=O) groups is 5. The molecule has 12 nitrogen and oxygen atoms in total. The summed E-state index contributed by atoms with van der Waals surface area (Å²) >= 11 is 3.99. The number of amides is 3. The van der Waals surface area contributed by atoms with Gasteiger partial charge in [-0.3, -0.25) is 19.2 Å². The van der Waals surface area contributed by atoms with E-state index in [1.54, 1.807) is 0 Å². The van der Waals surface area contributed by atoms with Gasteiger partial charge in [-0.25, -0.2) is 4.79 Å². The lowest BCUT2D eigenvalue weighted by Crippen LogP contribution is -2.58. The molecule has 13 heteroatoms. The fourth-order valence-corrected chi connectivity index (χ4v) is 2.61. The zero-order valence-corrected chi connectivity index (χ0v) is 17.7. The Bertz CT molecular complexity index is 631. The van der Waals surface area contributed by atoms with E-state index in [1.807, 2.05) is 13.8 Å². The number of aliphatic hydroxyl groups excluding tert-OH is 1. The minimum Gasteiger partial charge on any atom is -0.481 e. The third kappa shape index (κ3) is 10.4. The zero-order chi connectivity index (χ0) is 23.4. The Labute approximate surface area is 179 Å². The van der Waals surface area contributed by atoms with Crippen molar-refractivity contribution in [1.82, 2.24) is 16.0 Å². The van der Waals surface area contributed by atoms with Crippen LogP contribution in [0, 0.1) is 5.92 Å². The number of rotatable bonds is 14. The molecule has 0 aliphatic carbocycles. The van der Waals surface area contributed by atoms with Gasteiger partial charge in [0.05, 0.1) is 12.6 Å². The number of hydrogen-bond acceptors (Lipinski definition) is 8. The molecule has 0 spiro atoms. The van der Waals surface area contributed by atoms with Crippen molar-refractivity contribution in [3.63, 3.8) is 0 Å². The number of carbonyl (C=O) groups excluding carboxylic acids is 3. The van der Waals surface area contributed by atoms with Gasteiger partial charge in [-0.05, 0) is 18.8 Å². The lowest BCUT2D eigenvalue weighted by Gasteiger charge is -2.23. The first-order valence-corrected chi connectivity index (χ1v) is 9.89. The minimum absolute atomic E-state index is 0.123. The fourth-order valence-electron chi connectivity index (χ4n) is 2.35. The molecule has 0 aromatic rings. The molecule has 0 aromatic carbocycles. The largest absolute Gasteiger partial charge is 0.481 e. The van der Waals surface area contributed by atoms with Gasteiger partial charge in [0.2, 0.25) is 17.7 Å². The quantitative estimate of drug-likeness (QED) is 0.133. The van der Waals surface area contributed by atoms with Crippen LogP contribution >= 0.6 is 12.6 Å². The predicted molar refractivity (Wildman–Crippen MR) is 109 cm³/mol. The Hall–Kier alpha value is -2.38. The van der Waals surface area contributed by atoms with E-state index in [0.29, 0.717) is 6.42 Å². The highest BCUT2D eigenvalue weighted by molar-refractivity contribution is 7.80. The molecule has 30 heavy (non-hydrogen) atoms. The maximum absolute atomic E-state index is 12.4. The average Bonchev–Trinajstić information content (AvgIpc) is 2.65. The van der Waals surface area contributed by atoms with Crippen LogP contribution in [0.3, 0.4) is 0 Å². The van der Waals surface area contributed by atoms with Gasteiger partial charge in [-0.1, -0.05) is 13.8 Å². The van der Waals surface area contributed by atoms with Crippen LogP contribution in [0.15, 0.2) is 0 Å².